The van der Waals surface area contributed by atoms with Crippen LogP contribution in [0.3, 0.4) is 0 Å². The summed E-state index contributed by atoms with van der Waals surface area (Å²) in [5.74, 6) is 2.06. The molecule has 26 heavy (non-hydrogen) atoms. The topological polar surface area (TPSA) is 68.6 Å². The highest BCUT2D eigenvalue weighted by atomic mass is 16.5. The molecule has 1 saturated heterocycles. The Hall–Kier alpha value is -2.70. The number of rotatable bonds is 6. The zero-order valence-electron chi connectivity index (χ0n) is 15.8. The molecule has 1 N–H and O–H groups in total. The highest BCUT2D eigenvalue weighted by molar-refractivity contribution is 5.95. The van der Waals surface area contributed by atoms with Crippen molar-refractivity contribution in [3.8, 4) is 11.5 Å². The van der Waals surface area contributed by atoms with E-state index in [2.05, 4.69) is 15.3 Å². The number of hydrogen-bond acceptors (Lipinski definition) is 5. The molecule has 0 bridgehead atoms. The number of benzene rings is 1. The lowest BCUT2D eigenvalue weighted by Crippen LogP contribution is -2.22. The number of ether oxygens (including phenoxy) is 2. The Bertz CT molecular complexity index is 794. The Labute approximate surface area is 153 Å². The fourth-order valence-electron chi connectivity index (χ4n) is 3.25. The molecule has 1 fully saturated rings. The van der Waals surface area contributed by atoms with Crippen LogP contribution in [0.1, 0.15) is 24.1 Å². The number of carbonyl (C=O) groups excluding carboxylic acids is 1. The van der Waals surface area contributed by atoms with Crippen molar-refractivity contribution in [1.82, 2.24) is 9.78 Å². The molecule has 1 amide bonds. The van der Waals surface area contributed by atoms with Crippen LogP contribution in [0.5, 0.6) is 11.5 Å². The maximum absolute atomic E-state index is 12.6. The van der Waals surface area contributed by atoms with Gasteiger partial charge in [-0.05, 0) is 37.5 Å². The first kappa shape index (κ1) is 18.1. The fourth-order valence-corrected chi connectivity index (χ4v) is 3.25. The first-order valence-corrected chi connectivity index (χ1v) is 8.82. The third-order valence-electron chi connectivity index (χ3n) is 4.80. The summed E-state index contributed by atoms with van der Waals surface area (Å²) in [6.07, 6.45) is 2.58. The van der Waals surface area contributed by atoms with Crippen molar-refractivity contribution < 1.29 is 14.3 Å². The van der Waals surface area contributed by atoms with Crippen LogP contribution in [0, 0.1) is 6.92 Å². The second kappa shape index (κ2) is 7.68. The minimum Gasteiger partial charge on any atom is -0.493 e. The molecule has 140 valence electrons. The average molecular weight is 358 g/mol. The SMILES string of the molecule is COc1ccc(CC(=O)Nc2c(N3CCCC3)nn(C)c2C)cc1OC. The highest BCUT2D eigenvalue weighted by Gasteiger charge is 2.23. The van der Waals surface area contributed by atoms with E-state index in [4.69, 9.17) is 9.47 Å². The van der Waals surface area contributed by atoms with E-state index in [1.807, 2.05) is 36.9 Å². The van der Waals surface area contributed by atoms with E-state index in [0.717, 1.165) is 48.7 Å². The summed E-state index contributed by atoms with van der Waals surface area (Å²) in [5.41, 5.74) is 2.62. The number of hydrogen-bond donors (Lipinski definition) is 1. The van der Waals surface area contributed by atoms with E-state index in [0.29, 0.717) is 11.5 Å². The van der Waals surface area contributed by atoms with Crippen molar-refractivity contribution in [1.29, 1.82) is 0 Å². The van der Waals surface area contributed by atoms with Gasteiger partial charge in [-0.25, -0.2) is 0 Å². The number of nitrogens with zero attached hydrogens (tertiary/aromatic N) is 3. The number of nitrogens with one attached hydrogen (secondary N) is 1. The zero-order chi connectivity index (χ0) is 18.7. The average Bonchev–Trinajstić information content (AvgIpc) is 3.25. The molecule has 0 aliphatic carbocycles. The summed E-state index contributed by atoms with van der Waals surface area (Å²) >= 11 is 0. The Morgan fingerprint density at radius 3 is 2.54 bits per heavy atom. The van der Waals surface area contributed by atoms with Crippen LogP contribution >= 0.6 is 0 Å². The molecule has 1 aliphatic heterocycles. The van der Waals surface area contributed by atoms with Gasteiger partial charge < -0.3 is 19.7 Å². The van der Waals surface area contributed by atoms with Crippen molar-refractivity contribution in [2.24, 2.45) is 7.05 Å². The smallest absolute Gasteiger partial charge is 0.228 e. The fraction of sp³-hybridized carbons (Fsp3) is 0.474. The minimum atomic E-state index is -0.0752. The van der Waals surface area contributed by atoms with Crippen LogP contribution in [-0.2, 0) is 18.3 Å². The van der Waals surface area contributed by atoms with Crippen molar-refractivity contribution in [2.45, 2.75) is 26.2 Å². The number of anilines is 2. The summed E-state index contributed by atoms with van der Waals surface area (Å²) in [5, 5.41) is 7.65. The van der Waals surface area contributed by atoms with Crippen LogP contribution in [0.25, 0.3) is 0 Å². The van der Waals surface area contributed by atoms with Gasteiger partial charge in [-0.3, -0.25) is 9.48 Å². The Balaban J connectivity index is 1.76. The molecule has 1 aromatic carbocycles. The zero-order valence-corrected chi connectivity index (χ0v) is 15.8. The van der Waals surface area contributed by atoms with E-state index in [1.165, 1.54) is 0 Å². The lowest BCUT2D eigenvalue weighted by atomic mass is 10.1. The molecule has 0 spiro atoms. The monoisotopic (exact) mass is 358 g/mol. The summed E-state index contributed by atoms with van der Waals surface area (Å²) in [4.78, 5) is 14.9. The summed E-state index contributed by atoms with van der Waals surface area (Å²) in [6, 6.07) is 5.51. The molecule has 0 atom stereocenters. The molecular formula is C19H26N4O3. The number of aromatic nitrogens is 2. The van der Waals surface area contributed by atoms with Crippen molar-refractivity contribution in [3.05, 3.63) is 29.5 Å². The van der Waals surface area contributed by atoms with Crippen LogP contribution in [0.15, 0.2) is 18.2 Å². The van der Waals surface area contributed by atoms with Crippen LogP contribution in [-0.4, -0.2) is 43.0 Å². The molecule has 1 aliphatic rings. The van der Waals surface area contributed by atoms with Gasteiger partial charge in [-0.15, -0.1) is 0 Å². The van der Waals surface area contributed by atoms with Gasteiger partial charge in [0.05, 0.1) is 26.3 Å². The standard InChI is InChI=1S/C19H26N4O3/c1-13-18(19(21-22(13)2)23-9-5-6-10-23)20-17(24)12-14-7-8-15(25-3)16(11-14)26-4/h7-8,11H,5-6,9-10,12H2,1-4H3,(H,20,24). The maximum atomic E-state index is 12.6. The van der Waals surface area contributed by atoms with Crippen LogP contribution in [0.2, 0.25) is 0 Å². The molecular weight excluding hydrogens is 332 g/mol. The summed E-state index contributed by atoms with van der Waals surface area (Å²) in [7, 11) is 5.08. The van der Waals surface area contributed by atoms with Gasteiger partial charge in [0.15, 0.2) is 17.3 Å². The third-order valence-corrected chi connectivity index (χ3v) is 4.80. The van der Waals surface area contributed by atoms with Gasteiger partial charge in [0.2, 0.25) is 5.91 Å². The van der Waals surface area contributed by atoms with Gasteiger partial charge >= 0.3 is 0 Å². The lowest BCUT2D eigenvalue weighted by Gasteiger charge is -2.17. The Morgan fingerprint density at radius 1 is 1.19 bits per heavy atom. The predicted octanol–water partition coefficient (Wildman–Crippen LogP) is 2.53. The van der Waals surface area contributed by atoms with Gasteiger partial charge in [0.1, 0.15) is 5.69 Å². The lowest BCUT2D eigenvalue weighted by molar-refractivity contribution is -0.115. The largest absolute Gasteiger partial charge is 0.493 e. The first-order chi connectivity index (χ1) is 12.5. The molecule has 0 saturated carbocycles. The Kier molecular flexibility index (Phi) is 5.35. The third kappa shape index (κ3) is 3.61. The molecule has 2 aromatic rings. The number of carbonyl (C=O) groups is 1. The van der Waals surface area contributed by atoms with Crippen LogP contribution in [0.4, 0.5) is 11.5 Å². The maximum Gasteiger partial charge on any atom is 0.228 e. The molecule has 0 unspecified atom stereocenters. The minimum absolute atomic E-state index is 0.0752. The van der Waals surface area contributed by atoms with E-state index in [-0.39, 0.29) is 12.3 Å². The molecule has 0 radical (unpaired) electrons. The van der Waals surface area contributed by atoms with Crippen molar-refractivity contribution in [2.75, 3.05) is 37.5 Å². The number of aryl methyl sites for hydroxylation is 1. The number of methoxy groups -OCH3 is 2. The molecule has 7 heteroatoms. The predicted molar refractivity (Wildman–Crippen MR) is 101 cm³/mol. The normalized spacial score (nSPS) is 13.8. The van der Waals surface area contributed by atoms with Gasteiger partial charge in [0, 0.05) is 20.1 Å². The van der Waals surface area contributed by atoms with Crippen LogP contribution < -0.4 is 19.7 Å². The molecule has 7 nitrogen and oxygen atoms in total. The van der Waals surface area contributed by atoms with E-state index < -0.39 is 0 Å². The quantitative estimate of drug-likeness (QED) is 0.859. The first-order valence-electron chi connectivity index (χ1n) is 8.82. The number of amides is 1. The van der Waals surface area contributed by atoms with Gasteiger partial charge in [-0.2, -0.15) is 5.10 Å². The summed E-state index contributed by atoms with van der Waals surface area (Å²) < 4.78 is 12.4. The molecule has 2 heterocycles. The second-order valence-electron chi connectivity index (χ2n) is 6.52. The van der Waals surface area contributed by atoms with E-state index in [1.54, 1.807) is 14.2 Å². The van der Waals surface area contributed by atoms with E-state index >= 15 is 0 Å². The van der Waals surface area contributed by atoms with Crippen molar-refractivity contribution >= 4 is 17.4 Å². The second-order valence-corrected chi connectivity index (χ2v) is 6.52. The summed E-state index contributed by atoms with van der Waals surface area (Å²) in [6.45, 7) is 3.93. The van der Waals surface area contributed by atoms with Crippen molar-refractivity contribution in [3.63, 3.8) is 0 Å². The van der Waals surface area contributed by atoms with E-state index in [9.17, 15) is 4.79 Å². The van der Waals surface area contributed by atoms with Gasteiger partial charge in [-0.1, -0.05) is 6.07 Å². The van der Waals surface area contributed by atoms with Gasteiger partial charge in [0.25, 0.3) is 0 Å². The highest BCUT2D eigenvalue weighted by Crippen LogP contribution is 2.31. The molecule has 3 rings (SSSR count). The molecule has 1 aromatic heterocycles. The Morgan fingerprint density at radius 2 is 1.88 bits per heavy atom.